The van der Waals surface area contributed by atoms with Crippen molar-refractivity contribution in [3.05, 3.63) is 36.0 Å². The van der Waals surface area contributed by atoms with E-state index in [-0.39, 0.29) is 0 Å². The average Bonchev–Trinajstić information content (AvgIpc) is 2.86. The average molecular weight is 285 g/mol. The number of aromatic nitrogens is 1. The van der Waals surface area contributed by atoms with Crippen LogP contribution in [0.4, 0.5) is 0 Å². The predicted molar refractivity (Wildman–Crippen MR) is 93.9 cm³/mol. The van der Waals surface area contributed by atoms with Gasteiger partial charge in [-0.3, -0.25) is 0 Å². The Labute approximate surface area is 130 Å². The molecule has 1 aromatic heterocycles. The summed E-state index contributed by atoms with van der Waals surface area (Å²) in [7, 11) is 0. The van der Waals surface area contributed by atoms with Gasteiger partial charge in [-0.05, 0) is 36.8 Å². The lowest BCUT2D eigenvalue weighted by Crippen LogP contribution is -2.03. The van der Waals surface area contributed by atoms with E-state index < -0.39 is 0 Å². The number of para-hydroxylation sites is 1. The van der Waals surface area contributed by atoms with E-state index in [0.29, 0.717) is 0 Å². The summed E-state index contributed by atoms with van der Waals surface area (Å²) < 4.78 is 2.57. The third kappa shape index (κ3) is 4.62. The van der Waals surface area contributed by atoms with Crippen LogP contribution in [0.3, 0.4) is 0 Å². The molecule has 116 valence electrons. The highest BCUT2D eigenvalue weighted by Crippen LogP contribution is 2.22. The number of aryl methyl sites for hydroxylation is 2. The first-order chi connectivity index (χ1) is 10.4. The molecule has 0 aliphatic rings. The van der Waals surface area contributed by atoms with Crippen molar-refractivity contribution in [1.29, 1.82) is 0 Å². The van der Waals surface area contributed by atoms with Gasteiger partial charge in [-0.15, -0.1) is 0 Å². The maximum Gasteiger partial charge on any atom is 0.0482 e. The summed E-state index contributed by atoms with van der Waals surface area (Å²) in [6.45, 7) is 5.76. The van der Waals surface area contributed by atoms with Gasteiger partial charge in [0, 0.05) is 17.8 Å². The fourth-order valence-electron chi connectivity index (χ4n) is 3.15. The van der Waals surface area contributed by atoms with Crippen LogP contribution in [0.1, 0.15) is 70.9 Å². The van der Waals surface area contributed by atoms with Crippen molar-refractivity contribution in [2.45, 2.75) is 78.2 Å². The number of hydrogen-bond donors (Lipinski definition) is 0. The molecular formula is C20H31N. The van der Waals surface area contributed by atoms with Crippen LogP contribution in [-0.4, -0.2) is 4.57 Å². The highest BCUT2D eigenvalue weighted by Gasteiger charge is 2.07. The zero-order valence-corrected chi connectivity index (χ0v) is 13.9. The van der Waals surface area contributed by atoms with E-state index in [1.54, 1.807) is 0 Å². The molecule has 2 aromatic rings. The number of rotatable bonds is 10. The number of nitrogens with zero attached hydrogens (tertiary/aromatic N) is 1. The Balaban J connectivity index is 1.98. The lowest BCUT2D eigenvalue weighted by molar-refractivity contribution is 0.554. The summed E-state index contributed by atoms with van der Waals surface area (Å²) in [6, 6.07) is 11.3. The van der Waals surface area contributed by atoms with Gasteiger partial charge in [-0.1, -0.05) is 70.6 Å². The van der Waals surface area contributed by atoms with Crippen LogP contribution in [0.2, 0.25) is 0 Å². The van der Waals surface area contributed by atoms with Crippen molar-refractivity contribution < 1.29 is 0 Å². The molecule has 0 saturated carbocycles. The molecule has 0 fully saturated rings. The van der Waals surface area contributed by atoms with Gasteiger partial charge in [0.15, 0.2) is 0 Å². The zero-order chi connectivity index (χ0) is 14.9. The maximum absolute atomic E-state index is 2.57. The monoisotopic (exact) mass is 285 g/mol. The molecule has 0 bridgehead atoms. The second-order valence-electron chi connectivity index (χ2n) is 6.22. The summed E-state index contributed by atoms with van der Waals surface area (Å²) in [5.41, 5.74) is 2.96. The minimum Gasteiger partial charge on any atom is -0.345 e. The van der Waals surface area contributed by atoms with E-state index in [9.17, 15) is 0 Å². The molecule has 0 N–H and O–H groups in total. The molecule has 0 saturated heterocycles. The van der Waals surface area contributed by atoms with Crippen molar-refractivity contribution in [1.82, 2.24) is 4.57 Å². The quantitative estimate of drug-likeness (QED) is 0.448. The van der Waals surface area contributed by atoms with Crippen LogP contribution < -0.4 is 0 Å². The van der Waals surface area contributed by atoms with Gasteiger partial charge >= 0.3 is 0 Å². The molecule has 1 nitrogen and oxygen atoms in total. The van der Waals surface area contributed by atoms with Crippen LogP contribution in [-0.2, 0) is 13.0 Å². The fraction of sp³-hybridized carbons (Fsp3) is 0.600. The van der Waals surface area contributed by atoms with E-state index in [1.165, 1.54) is 80.9 Å². The Morgan fingerprint density at radius 2 is 1.52 bits per heavy atom. The molecule has 0 atom stereocenters. The van der Waals surface area contributed by atoms with E-state index in [1.807, 2.05) is 0 Å². The molecule has 0 spiro atoms. The van der Waals surface area contributed by atoms with Crippen LogP contribution in [0.15, 0.2) is 30.3 Å². The number of fused-ring (bicyclic) bond motifs is 1. The third-order valence-electron chi connectivity index (χ3n) is 4.42. The highest BCUT2D eigenvalue weighted by molar-refractivity contribution is 5.81. The SMILES string of the molecule is CCCCCCCCn1c(CCCC)cc2ccccc21. The Morgan fingerprint density at radius 3 is 2.33 bits per heavy atom. The smallest absolute Gasteiger partial charge is 0.0482 e. The second kappa shape index (κ2) is 8.92. The fourth-order valence-corrected chi connectivity index (χ4v) is 3.15. The largest absolute Gasteiger partial charge is 0.345 e. The van der Waals surface area contributed by atoms with Crippen molar-refractivity contribution in [2.24, 2.45) is 0 Å². The van der Waals surface area contributed by atoms with Gasteiger partial charge in [0.05, 0.1) is 0 Å². The predicted octanol–water partition coefficient (Wildman–Crippen LogP) is 6.34. The topological polar surface area (TPSA) is 4.93 Å². The summed E-state index contributed by atoms with van der Waals surface area (Å²) >= 11 is 0. The normalized spacial score (nSPS) is 11.3. The van der Waals surface area contributed by atoms with Gasteiger partial charge in [-0.2, -0.15) is 0 Å². The van der Waals surface area contributed by atoms with E-state index >= 15 is 0 Å². The number of hydrogen-bond acceptors (Lipinski definition) is 0. The van der Waals surface area contributed by atoms with Crippen LogP contribution in [0, 0.1) is 0 Å². The van der Waals surface area contributed by atoms with E-state index in [2.05, 4.69) is 48.7 Å². The molecule has 0 aliphatic heterocycles. The van der Waals surface area contributed by atoms with Crippen molar-refractivity contribution in [3.63, 3.8) is 0 Å². The molecule has 0 unspecified atom stereocenters. The summed E-state index contributed by atoms with van der Waals surface area (Å²) in [6.07, 6.45) is 12.0. The molecule has 1 aromatic carbocycles. The summed E-state index contributed by atoms with van der Waals surface area (Å²) in [5.74, 6) is 0. The molecular weight excluding hydrogens is 254 g/mol. The lowest BCUT2D eigenvalue weighted by atomic mass is 10.1. The Bertz CT molecular complexity index is 524. The second-order valence-corrected chi connectivity index (χ2v) is 6.22. The van der Waals surface area contributed by atoms with E-state index in [4.69, 9.17) is 0 Å². The molecule has 21 heavy (non-hydrogen) atoms. The van der Waals surface area contributed by atoms with Crippen LogP contribution in [0.25, 0.3) is 10.9 Å². The van der Waals surface area contributed by atoms with Gasteiger partial charge in [-0.25, -0.2) is 0 Å². The van der Waals surface area contributed by atoms with Crippen LogP contribution >= 0.6 is 0 Å². The molecule has 0 aliphatic carbocycles. The van der Waals surface area contributed by atoms with Crippen LogP contribution in [0.5, 0.6) is 0 Å². The first-order valence-corrected chi connectivity index (χ1v) is 8.94. The Kier molecular flexibility index (Phi) is 6.85. The first-order valence-electron chi connectivity index (χ1n) is 8.94. The van der Waals surface area contributed by atoms with Crippen molar-refractivity contribution in [2.75, 3.05) is 0 Å². The minimum absolute atomic E-state index is 1.19. The Hall–Kier alpha value is -1.24. The minimum atomic E-state index is 1.19. The third-order valence-corrected chi connectivity index (χ3v) is 4.42. The van der Waals surface area contributed by atoms with Gasteiger partial charge < -0.3 is 4.57 Å². The van der Waals surface area contributed by atoms with Gasteiger partial charge in [0.2, 0.25) is 0 Å². The molecule has 0 radical (unpaired) electrons. The van der Waals surface area contributed by atoms with Crippen molar-refractivity contribution in [3.8, 4) is 0 Å². The Morgan fingerprint density at radius 1 is 0.810 bits per heavy atom. The first kappa shape index (κ1) is 16.1. The number of benzene rings is 1. The molecule has 0 amide bonds. The van der Waals surface area contributed by atoms with Crippen molar-refractivity contribution >= 4 is 10.9 Å². The summed E-state index contributed by atoms with van der Waals surface area (Å²) in [4.78, 5) is 0. The van der Waals surface area contributed by atoms with Gasteiger partial charge in [0.1, 0.15) is 0 Å². The maximum atomic E-state index is 2.57. The molecule has 1 heterocycles. The summed E-state index contributed by atoms with van der Waals surface area (Å²) in [5, 5.41) is 1.41. The van der Waals surface area contributed by atoms with Gasteiger partial charge in [0.25, 0.3) is 0 Å². The van der Waals surface area contributed by atoms with E-state index in [0.717, 1.165) is 0 Å². The molecule has 1 heteroatoms. The standard InChI is InChI=1S/C20H31N/c1-3-5-7-8-9-12-16-21-19(14-6-4-2)17-18-13-10-11-15-20(18)21/h10-11,13,15,17H,3-9,12,14,16H2,1-2H3. The number of unbranched alkanes of at least 4 members (excludes halogenated alkanes) is 6. The lowest BCUT2D eigenvalue weighted by Gasteiger charge is -2.10. The highest BCUT2D eigenvalue weighted by atomic mass is 15.0. The zero-order valence-electron chi connectivity index (χ0n) is 13.9. The molecule has 2 rings (SSSR count).